The van der Waals surface area contributed by atoms with Crippen molar-refractivity contribution in [3.63, 3.8) is 0 Å². The zero-order valence-corrected chi connectivity index (χ0v) is 17.7. The van der Waals surface area contributed by atoms with Crippen LogP contribution in [0.2, 0.25) is 0 Å². The molecule has 1 N–H and O–H groups in total. The lowest BCUT2D eigenvalue weighted by Crippen LogP contribution is -2.49. The molecule has 2 heterocycles. The molecule has 0 spiro atoms. The van der Waals surface area contributed by atoms with Gasteiger partial charge in [0.1, 0.15) is 5.82 Å². The summed E-state index contributed by atoms with van der Waals surface area (Å²) < 4.78 is 18.9. The van der Waals surface area contributed by atoms with Crippen LogP contribution in [0.4, 0.5) is 10.1 Å². The zero-order chi connectivity index (χ0) is 21.8. The van der Waals surface area contributed by atoms with E-state index in [-0.39, 0.29) is 17.8 Å². The summed E-state index contributed by atoms with van der Waals surface area (Å²) in [5, 5.41) is 11.3. The second-order valence-electron chi connectivity index (χ2n) is 7.85. The van der Waals surface area contributed by atoms with E-state index in [1.54, 1.807) is 12.1 Å². The number of nitrogens with one attached hydrogen (secondary N) is 1. The SMILES string of the molecule is Cc1ccc(-c2nnc([C@@H](C)N3CCN(CC(=O)Nc4ccc(F)cc4)CC3)o2)cc1. The van der Waals surface area contributed by atoms with Crippen molar-refractivity contribution < 1.29 is 13.6 Å². The summed E-state index contributed by atoms with van der Waals surface area (Å²) in [5.74, 6) is 0.694. The van der Waals surface area contributed by atoms with E-state index in [0.29, 0.717) is 24.0 Å². The Morgan fingerprint density at radius 2 is 1.74 bits per heavy atom. The molecule has 0 saturated carbocycles. The summed E-state index contributed by atoms with van der Waals surface area (Å²) in [6, 6.07) is 13.8. The number of hydrogen-bond acceptors (Lipinski definition) is 6. The fourth-order valence-corrected chi connectivity index (χ4v) is 3.62. The summed E-state index contributed by atoms with van der Waals surface area (Å²) in [6.45, 7) is 7.53. The molecule has 2 aromatic carbocycles. The average Bonchev–Trinajstić information content (AvgIpc) is 3.26. The van der Waals surface area contributed by atoms with Gasteiger partial charge in [0, 0.05) is 37.4 Å². The van der Waals surface area contributed by atoms with Crippen LogP contribution in [0, 0.1) is 12.7 Å². The number of rotatable bonds is 6. The van der Waals surface area contributed by atoms with Crippen LogP contribution < -0.4 is 5.32 Å². The molecular formula is C23H26FN5O2. The van der Waals surface area contributed by atoms with Crippen molar-refractivity contribution in [2.75, 3.05) is 38.0 Å². The Morgan fingerprint density at radius 1 is 1.06 bits per heavy atom. The van der Waals surface area contributed by atoms with Crippen LogP contribution in [0.25, 0.3) is 11.5 Å². The molecule has 31 heavy (non-hydrogen) atoms. The van der Waals surface area contributed by atoms with Crippen LogP contribution in [-0.2, 0) is 4.79 Å². The summed E-state index contributed by atoms with van der Waals surface area (Å²) in [6.07, 6.45) is 0. The minimum atomic E-state index is -0.324. The molecule has 1 saturated heterocycles. The van der Waals surface area contributed by atoms with E-state index in [9.17, 15) is 9.18 Å². The van der Waals surface area contributed by atoms with Gasteiger partial charge in [-0.15, -0.1) is 10.2 Å². The Balaban J connectivity index is 1.28. The number of hydrogen-bond donors (Lipinski definition) is 1. The maximum absolute atomic E-state index is 13.0. The number of nitrogens with zero attached hydrogens (tertiary/aromatic N) is 4. The molecule has 0 unspecified atom stereocenters. The molecule has 3 aromatic rings. The van der Waals surface area contributed by atoms with Gasteiger partial charge in [0.15, 0.2) is 0 Å². The summed E-state index contributed by atoms with van der Waals surface area (Å²) in [4.78, 5) is 16.7. The summed E-state index contributed by atoms with van der Waals surface area (Å²) >= 11 is 0. The first-order chi connectivity index (χ1) is 15.0. The number of aromatic nitrogens is 2. The molecule has 0 radical (unpaired) electrons. The third-order valence-corrected chi connectivity index (χ3v) is 5.55. The first-order valence-corrected chi connectivity index (χ1v) is 10.4. The van der Waals surface area contributed by atoms with Crippen molar-refractivity contribution >= 4 is 11.6 Å². The molecule has 1 aliphatic heterocycles. The van der Waals surface area contributed by atoms with Gasteiger partial charge in [0.2, 0.25) is 17.7 Å². The fraction of sp³-hybridized carbons (Fsp3) is 0.348. The molecule has 1 aliphatic rings. The van der Waals surface area contributed by atoms with Gasteiger partial charge in [0.05, 0.1) is 12.6 Å². The highest BCUT2D eigenvalue weighted by molar-refractivity contribution is 5.92. The quantitative estimate of drug-likeness (QED) is 0.654. The number of piperazine rings is 1. The molecule has 0 bridgehead atoms. The molecular weight excluding hydrogens is 397 g/mol. The number of amides is 1. The number of carbonyl (C=O) groups excluding carboxylic acids is 1. The molecule has 0 aliphatic carbocycles. The minimum absolute atomic E-state index is 0.00175. The van der Waals surface area contributed by atoms with E-state index in [0.717, 1.165) is 31.7 Å². The van der Waals surface area contributed by atoms with Crippen LogP contribution in [0.5, 0.6) is 0 Å². The summed E-state index contributed by atoms with van der Waals surface area (Å²) in [5.41, 5.74) is 2.69. The number of halogens is 1. The lowest BCUT2D eigenvalue weighted by molar-refractivity contribution is -0.117. The number of anilines is 1. The smallest absolute Gasteiger partial charge is 0.247 e. The monoisotopic (exact) mass is 423 g/mol. The zero-order valence-electron chi connectivity index (χ0n) is 17.7. The van der Waals surface area contributed by atoms with E-state index in [2.05, 4.69) is 32.2 Å². The van der Waals surface area contributed by atoms with Crippen LogP contribution in [0.1, 0.15) is 24.4 Å². The molecule has 4 rings (SSSR count). The predicted molar refractivity (Wildman–Crippen MR) is 116 cm³/mol. The van der Waals surface area contributed by atoms with E-state index in [1.807, 2.05) is 31.2 Å². The Hall–Kier alpha value is -3.10. The first-order valence-electron chi connectivity index (χ1n) is 10.4. The summed E-state index contributed by atoms with van der Waals surface area (Å²) in [7, 11) is 0. The number of carbonyl (C=O) groups is 1. The van der Waals surface area contributed by atoms with Crippen molar-refractivity contribution in [1.82, 2.24) is 20.0 Å². The standard InChI is InChI=1S/C23H26FN5O2/c1-16-3-5-18(6-4-16)23-27-26-22(31-23)17(2)29-13-11-28(12-14-29)15-21(30)25-20-9-7-19(24)8-10-20/h3-10,17H,11-15H2,1-2H3,(H,25,30)/t17-/m1/s1. The van der Waals surface area contributed by atoms with E-state index < -0.39 is 0 Å². The Labute approximate surface area is 180 Å². The largest absolute Gasteiger partial charge is 0.419 e. The molecule has 1 aromatic heterocycles. The Bertz CT molecular complexity index is 1010. The maximum Gasteiger partial charge on any atom is 0.247 e. The molecule has 1 fully saturated rings. The third kappa shape index (κ3) is 5.34. The number of aryl methyl sites for hydroxylation is 1. The van der Waals surface area contributed by atoms with Gasteiger partial charge in [-0.25, -0.2) is 4.39 Å². The predicted octanol–water partition coefficient (Wildman–Crippen LogP) is 3.50. The van der Waals surface area contributed by atoms with Gasteiger partial charge < -0.3 is 9.73 Å². The van der Waals surface area contributed by atoms with Gasteiger partial charge in [0.25, 0.3) is 0 Å². The Kier molecular flexibility index (Phi) is 6.39. The lowest BCUT2D eigenvalue weighted by Gasteiger charge is -2.36. The molecule has 1 amide bonds. The average molecular weight is 423 g/mol. The topological polar surface area (TPSA) is 74.5 Å². The van der Waals surface area contributed by atoms with Crippen molar-refractivity contribution in [1.29, 1.82) is 0 Å². The number of benzene rings is 2. The van der Waals surface area contributed by atoms with Crippen LogP contribution in [0.3, 0.4) is 0 Å². The maximum atomic E-state index is 13.0. The fourth-order valence-electron chi connectivity index (χ4n) is 3.62. The highest BCUT2D eigenvalue weighted by Crippen LogP contribution is 2.25. The second-order valence-corrected chi connectivity index (χ2v) is 7.85. The molecule has 7 nitrogen and oxygen atoms in total. The van der Waals surface area contributed by atoms with Crippen molar-refractivity contribution in [2.45, 2.75) is 19.9 Å². The molecule has 1 atom stereocenters. The lowest BCUT2D eigenvalue weighted by atomic mass is 10.1. The third-order valence-electron chi connectivity index (χ3n) is 5.55. The van der Waals surface area contributed by atoms with Gasteiger partial charge in [-0.1, -0.05) is 17.7 Å². The van der Waals surface area contributed by atoms with Gasteiger partial charge in [-0.2, -0.15) is 0 Å². The van der Waals surface area contributed by atoms with Crippen LogP contribution in [0.15, 0.2) is 52.9 Å². The van der Waals surface area contributed by atoms with Gasteiger partial charge in [-0.3, -0.25) is 14.6 Å². The van der Waals surface area contributed by atoms with Gasteiger partial charge in [-0.05, 0) is 50.2 Å². The van der Waals surface area contributed by atoms with Crippen LogP contribution >= 0.6 is 0 Å². The van der Waals surface area contributed by atoms with Crippen LogP contribution in [-0.4, -0.2) is 58.6 Å². The second kappa shape index (κ2) is 9.36. The molecule has 8 heteroatoms. The van der Waals surface area contributed by atoms with E-state index >= 15 is 0 Å². The molecule has 162 valence electrons. The first kappa shape index (κ1) is 21.1. The minimum Gasteiger partial charge on any atom is -0.419 e. The van der Waals surface area contributed by atoms with Crippen molar-refractivity contribution in [3.05, 3.63) is 65.8 Å². The Morgan fingerprint density at radius 3 is 2.42 bits per heavy atom. The highest BCUT2D eigenvalue weighted by Gasteiger charge is 2.26. The van der Waals surface area contributed by atoms with Gasteiger partial charge >= 0.3 is 0 Å². The van der Waals surface area contributed by atoms with Crippen molar-refractivity contribution in [2.24, 2.45) is 0 Å². The van der Waals surface area contributed by atoms with E-state index in [4.69, 9.17) is 4.42 Å². The van der Waals surface area contributed by atoms with E-state index in [1.165, 1.54) is 17.7 Å². The van der Waals surface area contributed by atoms with Crippen molar-refractivity contribution in [3.8, 4) is 11.5 Å². The highest BCUT2D eigenvalue weighted by atomic mass is 19.1. The normalized spacial score (nSPS) is 16.2.